The normalized spacial score (nSPS) is 16.2. The van der Waals surface area contributed by atoms with Crippen LogP contribution >= 0.6 is 22.7 Å². The van der Waals surface area contributed by atoms with Gasteiger partial charge in [0.1, 0.15) is 10.7 Å². The number of hydrogen-bond acceptors (Lipinski definition) is 7. The summed E-state index contributed by atoms with van der Waals surface area (Å²) in [5, 5.41) is 12.5. The number of carbonyl (C=O) groups is 1. The zero-order chi connectivity index (χ0) is 21.5. The molecule has 30 heavy (non-hydrogen) atoms. The SMILES string of the molecule is C=CCn1c(=C(C#N)C(=O)NCCN2CCOCC2)sc(=Cc2ccc(C)s2)c1=O. The van der Waals surface area contributed by atoms with Gasteiger partial charge in [-0.2, -0.15) is 5.26 Å². The van der Waals surface area contributed by atoms with E-state index in [9.17, 15) is 14.9 Å². The molecule has 0 aromatic carbocycles. The van der Waals surface area contributed by atoms with Crippen molar-refractivity contribution in [1.29, 1.82) is 5.26 Å². The van der Waals surface area contributed by atoms with E-state index in [0.717, 1.165) is 34.2 Å². The number of morpholine rings is 1. The van der Waals surface area contributed by atoms with Gasteiger partial charge in [0.25, 0.3) is 11.5 Å². The number of hydrogen-bond donors (Lipinski definition) is 1. The topological polar surface area (TPSA) is 87.4 Å². The van der Waals surface area contributed by atoms with Crippen LogP contribution in [0, 0.1) is 18.3 Å². The van der Waals surface area contributed by atoms with Gasteiger partial charge in [-0.3, -0.25) is 19.1 Å². The smallest absolute Gasteiger partial charge is 0.269 e. The highest BCUT2D eigenvalue weighted by Gasteiger charge is 2.16. The summed E-state index contributed by atoms with van der Waals surface area (Å²) in [5.41, 5.74) is -0.280. The summed E-state index contributed by atoms with van der Waals surface area (Å²) in [6, 6.07) is 5.93. The molecule has 1 N–H and O–H groups in total. The summed E-state index contributed by atoms with van der Waals surface area (Å²) in [4.78, 5) is 29.9. The largest absolute Gasteiger partial charge is 0.379 e. The van der Waals surface area contributed by atoms with Crippen LogP contribution in [-0.4, -0.2) is 54.8 Å². The highest BCUT2D eigenvalue weighted by molar-refractivity contribution is 7.13. The first-order valence-corrected chi connectivity index (χ1v) is 11.3. The molecule has 1 aliphatic heterocycles. The Hall–Kier alpha value is -2.51. The Kier molecular flexibility index (Phi) is 7.76. The van der Waals surface area contributed by atoms with Gasteiger partial charge >= 0.3 is 0 Å². The second-order valence-corrected chi connectivity index (χ2v) is 9.12. The molecule has 1 fully saturated rings. The number of aromatic nitrogens is 1. The van der Waals surface area contributed by atoms with Crippen LogP contribution in [0.15, 0.2) is 29.6 Å². The lowest BCUT2D eigenvalue weighted by molar-refractivity contribution is -0.115. The number of nitrogens with zero attached hydrogens (tertiary/aromatic N) is 3. The maximum atomic E-state index is 12.9. The van der Waals surface area contributed by atoms with Crippen LogP contribution in [0.5, 0.6) is 0 Å². The van der Waals surface area contributed by atoms with Crippen LogP contribution in [0.25, 0.3) is 11.6 Å². The molecule has 3 heterocycles. The monoisotopic (exact) mass is 444 g/mol. The number of nitrogens with one attached hydrogen (secondary N) is 1. The predicted molar refractivity (Wildman–Crippen MR) is 120 cm³/mol. The van der Waals surface area contributed by atoms with Gasteiger partial charge in [-0.05, 0) is 25.1 Å². The molecular formula is C21H24N4O3S2. The first-order chi connectivity index (χ1) is 14.5. The Balaban J connectivity index is 1.90. The fourth-order valence-corrected chi connectivity index (χ4v) is 5.09. The molecule has 0 bridgehead atoms. The minimum absolute atomic E-state index is 0.0528. The van der Waals surface area contributed by atoms with Gasteiger partial charge in [-0.15, -0.1) is 29.3 Å². The molecule has 2 aromatic heterocycles. The van der Waals surface area contributed by atoms with Crippen molar-refractivity contribution in [2.24, 2.45) is 0 Å². The van der Waals surface area contributed by atoms with Crippen LogP contribution < -0.4 is 20.1 Å². The predicted octanol–water partition coefficient (Wildman–Crippen LogP) is 0.417. The molecule has 0 radical (unpaired) electrons. The summed E-state index contributed by atoms with van der Waals surface area (Å²) in [5.74, 6) is -0.469. The van der Waals surface area contributed by atoms with E-state index in [2.05, 4.69) is 16.8 Å². The summed E-state index contributed by atoms with van der Waals surface area (Å²) >= 11 is 2.74. The Bertz CT molecular complexity index is 1130. The van der Waals surface area contributed by atoms with Gasteiger partial charge in [0.2, 0.25) is 0 Å². The van der Waals surface area contributed by atoms with Crippen LogP contribution in [0.4, 0.5) is 0 Å². The second-order valence-electron chi connectivity index (χ2n) is 6.77. The van der Waals surface area contributed by atoms with E-state index in [1.165, 1.54) is 4.57 Å². The Morgan fingerprint density at radius 1 is 1.37 bits per heavy atom. The standard InChI is InChI=1S/C21H24N4O3S2/c1-3-7-25-20(27)18(13-16-5-4-15(2)29-16)30-21(25)17(14-22)19(26)23-6-8-24-9-11-28-12-10-24/h3-5,13H,1,6-12H2,2H3,(H,23,26). The Morgan fingerprint density at radius 3 is 2.77 bits per heavy atom. The highest BCUT2D eigenvalue weighted by Crippen LogP contribution is 2.15. The fraction of sp³-hybridized carbons (Fsp3) is 0.381. The molecule has 9 heteroatoms. The molecule has 0 unspecified atom stereocenters. The van der Waals surface area contributed by atoms with E-state index in [1.54, 1.807) is 23.5 Å². The van der Waals surface area contributed by atoms with E-state index < -0.39 is 5.91 Å². The van der Waals surface area contributed by atoms with Crippen molar-refractivity contribution in [3.63, 3.8) is 0 Å². The second kappa shape index (κ2) is 10.5. The molecular weight excluding hydrogens is 420 g/mol. The number of rotatable bonds is 7. The van der Waals surface area contributed by atoms with Gasteiger partial charge in [-0.25, -0.2) is 0 Å². The van der Waals surface area contributed by atoms with E-state index in [1.807, 2.05) is 25.1 Å². The number of nitriles is 1. The molecule has 0 saturated carbocycles. The number of allylic oxidation sites excluding steroid dienone is 1. The van der Waals surface area contributed by atoms with Crippen molar-refractivity contribution in [2.75, 3.05) is 39.4 Å². The summed E-state index contributed by atoms with van der Waals surface area (Å²) < 4.78 is 7.59. The third-order valence-corrected chi connectivity index (χ3v) is 6.70. The molecule has 0 spiro atoms. The lowest BCUT2D eigenvalue weighted by Crippen LogP contribution is -2.42. The molecule has 3 rings (SSSR count). The van der Waals surface area contributed by atoms with Crippen LogP contribution in [0.2, 0.25) is 0 Å². The molecule has 1 amide bonds. The third kappa shape index (κ3) is 5.34. The van der Waals surface area contributed by atoms with Gasteiger partial charge in [0.05, 0.1) is 17.7 Å². The summed E-state index contributed by atoms with van der Waals surface area (Å²) in [6.07, 6.45) is 3.39. The van der Waals surface area contributed by atoms with Gasteiger partial charge in [-0.1, -0.05) is 6.08 Å². The molecule has 158 valence electrons. The average Bonchev–Trinajstić information content (AvgIpc) is 3.28. The minimum atomic E-state index is -0.469. The minimum Gasteiger partial charge on any atom is -0.379 e. The van der Waals surface area contributed by atoms with Gasteiger partial charge in [0.15, 0.2) is 5.57 Å². The number of amides is 1. The van der Waals surface area contributed by atoms with Crippen LogP contribution in [-0.2, 0) is 16.1 Å². The number of thiophene rings is 1. The van der Waals surface area contributed by atoms with E-state index >= 15 is 0 Å². The molecule has 2 aromatic rings. The van der Waals surface area contributed by atoms with Crippen molar-refractivity contribution >= 4 is 40.2 Å². The highest BCUT2D eigenvalue weighted by atomic mass is 32.1. The van der Waals surface area contributed by atoms with Crippen molar-refractivity contribution in [3.8, 4) is 6.07 Å². The lowest BCUT2D eigenvalue weighted by atomic mass is 10.3. The zero-order valence-electron chi connectivity index (χ0n) is 16.8. The Morgan fingerprint density at radius 2 is 2.13 bits per heavy atom. The maximum absolute atomic E-state index is 12.9. The Labute approximate surface area is 182 Å². The van der Waals surface area contributed by atoms with Crippen molar-refractivity contribution in [1.82, 2.24) is 14.8 Å². The quantitative estimate of drug-likeness (QED) is 0.626. The average molecular weight is 445 g/mol. The van der Waals surface area contributed by atoms with Crippen molar-refractivity contribution in [2.45, 2.75) is 13.5 Å². The van der Waals surface area contributed by atoms with Crippen LogP contribution in [0.1, 0.15) is 9.75 Å². The summed E-state index contributed by atoms with van der Waals surface area (Å²) in [7, 11) is 0. The lowest BCUT2D eigenvalue weighted by Gasteiger charge is -2.26. The van der Waals surface area contributed by atoms with E-state index in [-0.39, 0.29) is 17.7 Å². The number of aryl methyl sites for hydroxylation is 1. The van der Waals surface area contributed by atoms with Gasteiger partial charge < -0.3 is 10.1 Å². The van der Waals surface area contributed by atoms with Crippen molar-refractivity contribution < 1.29 is 9.53 Å². The maximum Gasteiger partial charge on any atom is 0.269 e. The number of carbonyl (C=O) groups excluding carboxylic acids is 1. The van der Waals surface area contributed by atoms with E-state index in [0.29, 0.717) is 35.5 Å². The van der Waals surface area contributed by atoms with E-state index in [4.69, 9.17) is 4.74 Å². The first-order valence-electron chi connectivity index (χ1n) is 9.65. The van der Waals surface area contributed by atoms with Crippen LogP contribution in [0.3, 0.4) is 0 Å². The third-order valence-electron chi connectivity index (χ3n) is 4.62. The summed E-state index contributed by atoms with van der Waals surface area (Å²) in [6.45, 7) is 10.1. The molecule has 0 atom stereocenters. The van der Waals surface area contributed by atoms with Gasteiger partial charge in [0, 0.05) is 42.5 Å². The van der Waals surface area contributed by atoms with Crippen molar-refractivity contribution in [3.05, 3.63) is 54.1 Å². The number of ether oxygens (including phenoxy) is 1. The molecule has 1 saturated heterocycles. The molecule has 1 aliphatic rings. The fourth-order valence-electron chi connectivity index (χ4n) is 3.10. The molecule has 7 nitrogen and oxygen atoms in total. The number of thiazole rings is 1. The zero-order valence-corrected chi connectivity index (χ0v) is 18.5. The molecule has 0 aliphatic carbocycles. The first kappa shape index (κ1) is 22.2.